The molecule has 7 atom stereocenters. The van der Waals surface area contributed by atoms with Gasteiger partial charge in [-0.05, 0) is 79.6 Å². The van der Waals surface area contributed by atoms with Gasteiger partial charge in [0.15, 0.2) is 16.7 Å². The molecule has 4 rings (SSSR count). The Morgan fingerprint density at radius 1 is 1.03 bits per heavy atom. The zero-order valence-electron chi connectivity index (χ0n) is 23.3. The summed E-state index contributed by atoms with van der Waals surface area (Å²) >= 11 is 1.50. The predicted octanol–water partition coefficient (Wildman–Crippen LogP) is 6.87. The Labute approximate surface area is 227 Å². The molecule has 0 spiro atoms. The van der Waals surface area contributed by atoms with Crippen molar-refractivity contribution in [3.8, 4) is 0 Å². The summed E-state index contributed by atoms with van der Waals surface area (Å²) in [5.74, 6) is 1.14. The lowest BCUT2D eigenvalue weighted by molar-refractivity contribution is -0.151. The van der Waals surface area contributed by atoms with E-state index in [9.17, 15) is 19.2 Å². The van der Waals surface area contributed by atoms with Crippen LogP contribution in [0.3, 0.4) is 0 Å². The lowest BCUT2D eigenvalue weighted by Gasteiger charge is -2.60. The highest BCUT2D eigenvalue weighted by Gasteiger charge is 2.62. The lowest BCUT2D eigenvalue weighted by atomic mass is 9.46. The highest BCUT2D eigenvalue weighted by Crippen LogP contribution is 2.68. The van der Waals surface area contributed by atoms with E-state index < -0.39 is 0 Å². The number of allylic oxidation sites excluding steroid dienone is 1. The molecule has 0 radical (unpaired) electrons. The van der Waals surface area contributed by atoms with Crippen LogP contribution in [0.25, 0.3) is 0 Å². The van der Waals surface area contributed by atoms with Crippen LogP contribution in [0.4, 0.5) is 0 Å². The minimum Gasteiger partial charge on any atom is -0.458 e. The second kappa shape index (κ2) is 11.8. The number of carbonyl (C=O) groups is 4. The molecule has 0 heterocycles. The number of ether oxygens (including phenoxy) is 1. The Hall–Kier alpha value is -1.43. The second-order valence-corrected chi connectivity index (χ2v) is 13.8. The summed E-state index contributed by atoms with van der Waals surface area (Å²) in [5.41, 5.74) is 1.15. The molecule has 0 aromatic carbocycles. The molecule has 0 N–H and O–H groups in total. The van der Waals surface area contributed by atoms with E-state index in [4.69, 9.17) is 4.74 Å². The maximum absolute atomic E-state index is 13.4. The first-order valence-electron chi connectivity index (χ1n) is 14.8. The smallest absolute Gasteiger partial charge is 0.306 e. The number of rotatable bonds is 10. The molecule has 3 saturated carbocycles. The van der Waals surface area contributed by atoms with E-state index in [2.05, 4.69) is 20.8 Å². The maximum atomic E-state index is 13.4. The fourth-order valence-corrected chi connectivity index (χ4v) is 9.73. The van der Waals surface area contributed by atoms with Crippen LogP contribution in [0, 0.1) is 34.5 Å². The molecule has 1 unspecified atom stereocenters. The van der Waals surface area contributed by atoms with Gasteiger partial charge in [0, 0.05) is 30.4 Å². The van der Waals surface area contributed by atoms with Crippen LogP contribution < -0.4 is 0 Å². The van der Waals surface area contributed by atoms with Crippen LogP contribution in [0.5, 0.6) is 0 Å². The SMILES string of the molecule is CCCCCCC(=O)OCC(=O)[C@H]1CC[C@H]2[C@@H]3C(SC(=O)CC)CC4=CC(=O)CC[C@]4(C)[C@H]3CC[C@]12C. The number of carbonyl (C=O) groups excluding carboxylic acids is 4. The van der Waals surface area contributed by atoms with Crippen LogP contribution in [-0.2, 0) is 23.9 Å². The van der Waals surface area contributed by atoms with Gasteiger partial charge >= 0.3 is 5.97 Å². The van der Waals surface area contributed by atoms with Crippen molar-refractivity contribution in [3.63, 3.8) is 0 Å². The molecule has 37 heavy (non-hydrogen) atoms. The van der Waals surface area contributed by atoms with Crippen molar-refractivity contribution in [2.45, 2.75) is 116 Å². The third-order valence-electron chi connectivity index (χ3n) is 10.5. The fraction of sp³-hybridized carbons (Fsp3) is 0.806. The number of ketones is 2. The standard InChI is InChI=1S/C31H46O5S/c1-5-7-8-9-10-27(34)36-19-25(33)22-11-12-23-29-24(14-16-31(22,23)4)30(3)15-13-21(32)17-20(30)18-26(29)37-28(35)6-2/h17,22-24,26,29H,5-16,18-19H2,1-4H3/t22-,23+,24+,26?,29+,30+,31-/m1/s1. The highest BCUT2D eigenvalue weighted by molar-refractivity contribution is 8.14. The van der Waals surface area contributed by atoms with Crippen LogP contribution in [0.2, 0.25) is 0 Å². The minimum atomic E-state index is -0.256. The zero-order chi connectivity index (χ0) is 26.8. The van der Waals surface area contributed by atoms with E-state index in [1.807, 2.05) is 13.0 Å². The van der Waals surface area contributed by atoms with E-state index in [0.29, 0.717) is 37.0 Å². The molecule has 4 aliphatic carbocycles. The average Bonchev–Trinajstić information content (AvgIpc) is 3.23. The fourth-order valence-electron chi connectivity index (χ4n) is 8.42. The number of fused-ring (bicyclic) bond motifs is 5. The summed E-state index contributed by atoms with van der Waals surface area (Å²) in [6.07, 6.45) is 13.0. The molecular formula is C31H46O5S. The average molecular weight is 531 g/mol. The van der Waals surface area contributed by atoms with Gasteiger partial charge in [0.05, 0.1) is 0 Å². The van der Waals surface area contributed by atoms with Gasteiger partial charge < -0.3 is 4.74 Å². The summed E-state index contributed by atoms with van der Waals surface area (Å²) in [6, 6.07) is 0. The maximum Gasteiger partial charge on any atom is 0.306 e. The van der Waals surface area contributed by atoms with Crippen molar-refractivity contribution >= 4 is 34.4 Å². The first kappa shape index (κ1) is 28.6. The van der Waals surface area contributed by atoms with Crippen molar-refractivity contribution in [3.05, 3.63) is 11.6 Å². The van der Waals surface area contributed by atoms with Crippen molar-refractivity contribution < 1.29 is 23.9 Å². The monoisotopic (exact) mass is 530 g/mol. The number of esters is 1. The third kappa shape index (κ3) is 5.65. The Kier molecular flexibility index (Phi) is 9.08. The summed E-state index contributed by atoms with van der Waals surface area (Å²) in [5, 5.41) is 0.390. The summed E-state index contributed by atoms with van der Waals surface area (Å²) in [4.78, 5) is 50.6. The van der Waals surface area contributed by atoms with Gasteiger partial charge in [-0.2, -0.15) is 0 Å². The zero-order valence-corrected chi connectivity index (χ0v) is 24.1. The second-order valence-electron chi connectivity index (χ2n) is 12.5. The molecule has 5 nitrogen and oxygen atoms in total. The Balaban J connectivity index is 1.50. The van der Waals surface area contributed by atoms with E-state index in [1.54, 1.807) is 0 Å². The number of Topliss-reactive ketones (excluding diaryl/α,β-unsaturated/α-hetero) is 1. The summed E-state index contributed by atoms with van der Waals surface area (Å²) in [7, 11) is 0. The first-order valence-corrected chi connectivity index (χ1v) is 15.6. The van der Waals surface area contributed by atoms with E-state index in [1.165, 1.54) is 17.3 Å². The van der Waals surface area contributed by atoms with Gasteiger partial charge in [0.25, 0.3) is 0 Å². The Morgan fingerprint density at radius 2 is 1.81 bits per heavy atom. The quantitative estimate of drug-likeness (QED) is 0.227. The highest BCUT2D eigenvalue weighted by atomic mass is 32.2. The normalized spacial score (nSPS) is 36.7. The van der Waals surface area contributed by atoms with Gasteiger partial charge in [0.2, 0.25) is 0 Å². The largest absolute Gasteiger partial charge is 0.458 e. The van der Waals surface area contributed by atoms with Crippen LogP contribution in [-0.4, -0.2) is 34.5 Å². The minimum absolute atomic E-state index is 0.0155. The van der Waals surface area contributed by atoms with Crippen LogP contribution in [0.1, 0.15) is 111 Å². The number of thioether (sulfide) groups is 1. The van der Waals surface area contributed by atoms with E-state index in [0.717, 1.165) is 64.2 Å². The molecule has 0 amide bonds. The molecule has 4 aliphatic rings. The van der Waals surface area contributed by atoms with E-state index >= 15 is 0 Å². The first-order chi connectivity index (χ1) is 17.6. The van der Waals surface area contributed by atoms with Gasteiger partial charge in [-0.3, -0.25) is 19.2 Å². The van der Waals surface area contributed by atoms with Gasteiger partial charge in [-0.25, -0.2) is 0 Å². The predicted molar refractivity (Wildman–Crippen MR) is 147 cm³/mol. The third-order valence-corrected chi connectivity index (χ3v) is 11.9. The van der Waals surface area contributed by atoms with Crippen molar-refractivity contribution in [2.24, 2.45) is 34.5 Å². The lowest BCUT2D eigenvalue weighted by Crippen LogP contribution is -2.55. The Morgan fingerprint density at radius 3 is 2.54 bits per heavy atom. The molecule has 0 aromatic rings. The van der Waals surface area contributed by atoms with Crippen molar-refractivity contribution in [2.75, 3.05) is 6.61 Å². The Bertz CT molecular complexity index is 940. The number of unbranched alkanes of at least 4 members (excludes halogenated alkanes) is 3. The molecule has 6 heteroatoms. The van der Waals surface area contributed by atoms with Gasteiger partial charge in [0.1, 0.15) is 6.61 Å². The molecule has 0 bridgehead atoms. The summed E-state index contributed by atoms with van der Waals surface area (Å²) < 4.78 is 5.44. The van der Waals surface area contributed by atoms with Crippen LogP contribution >= 0.6 is 11.8 Å². The van der Waals surface area contributed by atoms with E-state index in [-0.39, 0.29) is 51.3 Å². The number of hydrogen-bond donors (Lipinski definition) is 0. The van der Waals surface area contributed by atoms with Gasteiger partial charge in [-0.1, -0.05) is 64.3 Å². The van der Waals surface area contributed by atoms with Crippen molar-refractivity contribution in [1.82, 2.24) is 0 Å². The molecule has 206 valence electrons. The number of hydrogen-bond acceptors (Lipinski definition) is 6. The molecule has 0 saturated heterocycles. The van der Waals surface area contributed by atoms with Crippen LogP contribution in [0.15, 0.2) is 11.6 Å². The van der Waals surface area contributed by atoms with Gasteiger partial charge in [-0.15, -0.1) is 0 Å². The molecule has 0 aromatic heterocycles. The molecular weight excluding hydrogens is 484 g/mol. The summed E-state index contributed by atoms with van der Waals surface area (Å²) in [6.45, 7) is 8.60. The van der Waals surface area contributed by atoms with Crippen molar-refractivity contribution in [1.29, 1.82) is 0 Å². The topological polar surface area (TPSA) is 77.5 Å². The molecule has 0 aliphatic heterocycles. The molecule has 3 fully saturated rings.